The smallest absolute Gasteiger partial charge is 0.252 e. The normalized spacial score (nSPS) is 10.5. The van der Waals surface area contributed by atoms with Gasteiger partial charge >= 0.3 is 0 Å². The van der Waals surface area contributed by atoms with E-state index >= 15 is 0 Å². The number of nitrogen functional groups attached to an aromatic ring is 1. The summed E-state index contributed by atoms with van der Waals surface area (Å²) in [7, 11) is 3.32. The Morgan fingerprint density at radius 2 is 2.07 bits per heavy atom. The molecule has 0 saturated heterocycles. The van der Waals surface area contributed by atoms with Gasteiger partial charge in [-0.15, -0.1) is 0 Å². The van der Waals surface area contributed by atoms with Crippen molar-refractivity contribution >= 4 is 16.6 Å². The van der Waals surface area contributed by atoms with E-state index in [1.807, 2.05) is 12.1 Å². The molecule has 0 spiro atoms. The van der Waals surface area contributed by atoms with Crippen LogP contribution in [0.2, 0.25) is 0 Å². The van der Waals surface area contributed by atoms with Crippen LogP contribution in [0.25, 0.3) is 10.9 Å². The second-order valence-corrected chi connectivity index (χ2v) is 3.38. The van der Waals surface area contributed by atoms with E-state index in [-0.39, 0.29) is 5.56 Å². The summed E-state index contributed by atoms with van der Waals surface area (Å²) in [6.07, 6.45) is 0. The van der Waals surface area contributed by atoms with Crippen LogP contribution in [0.5, 0.6) is 5.75 Å². The van der Waals surface area contributed by atoms with E-state index in [4.69, 9.17) is 10.5 Å². The highest BCUT2D eigenvalue weighted by Crippen LogP contribution is 2.23. The van der Waals surface area contributed by atoms with Crippen LogP contribution in [-0.2, 0) is 7.05 Å². The Bertz CT molecular complexity index is 573. The highest BCUT2D eigenvalue weighted by atomic mass is 16.5. The van der Waals surface area contributed by atoms with Gasteiger partial charge in [0.2, 0.25) is 0 Å². The number of pyridine rings is 1. The van der Waals surface area contributed by atoms with Crippen LogP contribution in [0.4, 0.5) is 5.69 Å². The fourth-order valence-electron chi connectivity index (χ4n) is 1.59. The van der Waals surface area contributed by atoms with Crippen LogP contribution in [0, 0.1) is 0 Å². The summed E-state index contributed by atoms with van der Waals surface area (Å²) in [6.45, 7) is 0. The highest BCUT2D eigenvalue weighted by Gasteiger charge is 2.04. The Labute approximate surface area is 86.9 Å². The minimum atomic E-state index is -0.106. The molecule has 0 amide bonds. The minimum absolute atomic E-state index is 0.106. The van der Waals surface area contributed by atoms with Crippen molar-refractivity contribution in [2.24, 2.45) is 7.05 Å². The zero-order chi connectivity index (χ0) is 11.0. The van der Waals surface area contributed by atoms with E-state index in [1.54, 1.807) is 24.8 Å². The van der Waals surface area contributed by atoms with Crippen LogP contribution in [-0.4, -0.2) is 11.7 Å². The molecule has 0 unspecified atom stereocenters. The van der Waals surface area contributed by atoms with Crippen molar-refractivity contribution in [2.45, 2.75) is 0 Å². The lowest BCUT2D eigenvalue weighted by atomic mass is 10.1. The molecule has 0 aliphatic rings. The van der Waals surface area contributed by atoms with Crippen molar-refractivity contribution in [2.75, 3.05) is 12.8 Å². The van der Waals surface area contributed by atoms with Gasteiger partial charge in [0.05, 0.1) is 12.6 Å². The molecule has 2 N–H and O–H groups in total. The summed E-state index contributed by atoms with van der Waals surface area (Å²) in [4.78, 5) is 11.5. The van der Waals surface area contributed by atoms with Crippen molar-refractivity contribution in [1.82, 2.24) is 4.57 Å². The van der Waals surface area contributed by atoms with Gasteiger partial charge in [-0.2, -0.15) is 0 Å². The molecule has 2 aromatic rings. The quantitative estimate of drug-likeness (QED) is 0.757. The Morgan fingerprint density at radius 1 is 1.33 bits per heavy atom. The second-order valence-electron chi connectivity index (χ2n) is 3.38. The van der Waals surface area contributed by atoms with Gasteiger partial charge < -0.3 is 15.0 Å². The lowest BCUT2D eigenvalue weighted by molar-refractivity contribution is 0.415. The van der Waals surface area contributed by atoms with E-state index in [0.717, 1.165) is 16.7 Å². The van der Waals surface area contributed by atoms with Crippen LogP contribution in [0.1, 0.15) is 0 Å². The Balaban J connectivity index is 2.90. The molecule has 0 atom stereocenters. The van der Waals surface area contributed by atoms with E-state index in [2.05, 4.69) is 0 Å². The number of methoxy groups -OCH3 is 1. The summed E-state index contributed by atoms with van der Waals surface area (Å²) < 4.78 is 6.67. The lowest BCUT2D eigenvalue weighted by Crippen LogP contribution is -2.16. The zero-order valence-corrected chi connectivity index (χ0v) is 8.65. The number of hydrogen-bond acceptors (Lipinski definition) is 3. The first-order chi connectivity index (χ1) is 7.13. The molecule has 1 aromatic heterocycles. The fraction of sp³-hybridized carbons (Fsp3) is 0.182. The summed E-state index contributed by atoms with van der Waals surface area (Å²) in [5.41, 5.74) is 6.96. The number of hydrogen-bond donors (Lipinski definition) is 1. The van der Waals surface area contributed by atoms with Crippen molar-refractivity contribution in [3.63, 3.8) is 0 Å². The fourth-order valence-corrected chi connectivity index (χ4v) is 1.59. The first kappa shape index (κ1) is 9.58. The molecule has 0 radical (unpaired) electrons. The number of anilines is 1. The van der Waals surface area contributed by atoms with Gasteiger partial charge in [0, 0.05) is 24.2 Å². The maximum Gasteiger partial charge on any atom is 0.252 e. The first-order valence-corrected chi connectivity index (χ1v) is 4.56. The van der Waals surface area contributed by atoms with E-state index < -0.39 is 0 Å². The van der Waals surface area contributed by atoms with E-state index in [9.17, 15) is 4.79 Å². The number of benzene rings is 1. The molecule has 0 bridgehead atoms. The SMILES string of the molecule is COc1ccc2c(c1)c(N)cc(=O)n2C. The van der Waals surface area contributed by atoms with Crippen LogP contribution in [0.3, 0.4) is 0 Å². The third-order valence-corrected chi connectivity index (χ3v) is 2.49. The molecule has 1 heterocycles. The predicted molar refractivity (Wildman–Crippen MR) is 60.2 cm³/mol. The van der Waals surface area contributed by atoms with Crippen LogP contribution in [0.15, 0.2) is 29.1 Å². The molecule has 4 nitrogen and oxygen atoms in total. The van der Waals surface area contributed by atoms with Crippen molar-refractivity contribution in [1.29, 1.82) is 0 Å². The van der Waals surface area contributed by atoms with Gasteiger partial charge in [-0.1, -0.05) is 0 Å². The van der Waals surface area contributed by atoms with Gasteiger partial charge in [-0.3, -0.25) is 4.79 Å². The maximum absolute atomic E-state index is 11.5. The predicted octanol–water partition coefficient (Wildman–Crippen LogP) is 1.13. The van der Waals surface area contributed by atoms with Crippen molar-refractivity contribution in [3.8, 4) is 5.75 Å². The van der Waals surface area contributed by atoms with Gasteiger partial charge in [-0.05, 0) is 18.2 Å². The number of aryl methyl sites for hydroxylation is 1. The topological polar surface area (TPSA) is 57.2 Å². The van der Waals surface area contributed by atoms with Gasteiger partial charge in [0.15, 0.2) is 0 Å². The summed E-state index contributed by atoms with van der Waals surface area (Å²) in [5, 5.41) is 0.830. The van der Waals surface area contributed by atoms with Crippen molar-refractivity contribution in [3.05, 3.63) is 34.6 Å². The molecule has 4 heteroatoms. The number of aromatic nitrogens is 1. The summed E-state index contributed by atoms with van der Waals surface area (Å²) in [6, 6.07) is 6.87. The Morgan fingerprint density at radius 3 is 2.73 bits per heavy atom. The Kier molecular flexibility index (Phi) is 2.11. The minimum Gasteiger partial charge on any atom is -0.497 e. The van der Waals surface area contributed by atoms with E-state index in [1.165, 1.54) is 6.07 Å². The molecule has 0 aliphatic heterocycles. The third-order valence-electron chi connectivity index (χ3n) is 2.49. The number of fused-ring (bicyclic) bond motifs is 1. The monoisotopic (exact) mass is 204 g/mol. The van der Waals surface area contributed by atoms with Gasteiger partial charge in [0.1, 0.15) is 5.75 Å². The first-order valence-electron chi connectivity index (χ1n) is 4.56. The molecule has 2 rings (SSSR count). The maximum atomic E-state index is 11.5. The zero-order valence-electron chi connectivity index (χ0n) is 8.65. The standard InChI is InChI=1S/C11H12N2O2/c1-13-10-4-3-7(15-2)5-8(10)9(12)6-11(13)14/h3-6H,12H2,1-2H3. The van der Waals surface area contributed by atoms with Crippen molar-refractivity contribution < 1.29 is 4.74 Å². The van der Waals surface area contributed by atoms with Crippen LogP contribution < -0.4 is 16.0 Å². The van der Waals surface area contributed by atoms with Gasteiger partial charge in [-0.25, -0.2) is 0 Å². The molecule has 0 aliphatic carbocycles. The van der Waals surface area contributed by atoms with E-state index in [0.29, 0.717) is 5.69 Å². The molecule has 15 heavy (non-hydrogen) atoms. The number of nitrogens with zero attached hydrogens (tertiary/aromatic N) is 1. The van der Waals surface area contributed by atoms with Crippen LogP contribution >= 0.6 is 0 Å². The van der Waals surface area contributed by atoms with Gasteiger partial charge in [0.25, 0.3) is 5.56 Å². The summed E-state index contributed by atoms with van der Waals surface area (Å²) in [5.74, 6) is 0.729. The largest absolute Gasteiger partial charge is 0.497 e. The average Bonchev–Trinajstić information content (AvgIpc) is 2.25. The Hall–Kier alpha value is -1.97. The summed E-state index contributed by atoms with van der Waals surface area (Å²) >= 11 is 0. The molecule has 1 aromatic carbocycles. The number of nitrogens with two attached hydrogens (primary N) is 1. The molecular formula is C11H12N2O2. The highest BCUT2D eigenvalue weighted by molar-refractivity contribution is 5.91. The number of ether oxygens (including phenoxy) is 1. The third kappa shape index (κ3) is 1.44. The molecular weight excluding hydrogens is 192 g/mol. The lowest BCUT2D eigenvalue weighted by Gasteiger charge is -2.08. The second kappa shape index (κ2) is 3.31. The molecule has 0 saturated carbocycles. The molecule has 0 fully saturated rings. The number of rotatable bonds is 1. The molecule has 78 valence electrons. The average molecular weight is 204 g/mol.